The van der Waals surface area contributed by atoms with E-state index in [9.17, 15) is 19.2 Å². The van der Waals surface area contributed by atoms with Gasteiger partial charge < -0.3 is 19.9 Å². The highest BCUT2D eigenvalue weighted by atomic mass is 16.7. The molecule has 4 rings (SSSR count). The number of aryl methyl sites for hydroxylation is 1. The van der Waals surface area contributed by atoms with E-state index in [0.717, 1.165) is 54.3 Å². The summed E-state index contributed by atoms with van der Waals surface area (Å²) in [6.07, 6.45) is 6.46. The van der Waals surface area contributed by atoms with Crippen LogP contribution in [0.1, 0.15) is 57.1 Å². The molecule has 236 valence electrons. The molecule has 3 aromatic rings. The Balaban J connectivity index is 1.58. The summed E-state index contributed by atoms with van der Waals surface area (Å²) in [7, 11) is 1.18. The number of fused-ring (bicyclic) bond motifs is 5. The third-order valence-corrected chi connectivity index (χ3v) is 8.01. The number of hydroxylamine groups is 1. The van der Waals surface area contributed by atoms with E-state index >= 15 is 0 Å². The zero-order valence-electron chi connectivity index (χ0n) is 25.8. The number of nitrogens with zero attached hydrogens (tertiary/aromatic N) is 1. The molecule has 3 amide bonds. The molecule has 2 heterocycles. The molecular weight excluding hydrogens is 560 g/mol. The molecule has 2 unspecified atom stereocenters. The first-order valence-electron chi connectivity index (χ1n) is 15.5. The van der Waals surface area contributed by atoms with Gasteiger partial charge in [-0.2, -0.15) is 0 Å². The maximum Gasteiger partial charge on any atom is 0.319 e. The van der Waals surface area contributed by atoms with E-state index in [1.807, 2.05) is 62.4 Å². The Labute approximate surface area is 258 Å². The lowest BCUT2D eigenvalue weighted by Gasteiger charge is -2.27. The van der Waals surface area contributed by atoms with Crippen molar-refractivity contribution in [2.75, 3.05) is 13.7 Å². The van der Waals surface area contributed by atoms with Gasteiger partial charge in [0.05, 0.1) is 19.6 Å². The maximum absolute atomic E-state index is 14.0. The Morgan fingerprint density at radius 3 is 2.45 bits per heavy atom. The van der Waals surface area contributed by atoms with E-state index in [-0.39, 0.29) is 31.3 Å². The summed E-state index contributed by atoms with van der Waals surface area (Å²) in [6, 6.07) is 16.4. The van der Waals surface area contributed by atoms with Crippen LogP contribution in [0.15, 0.2) is 60.8 Å². The van der Waals surface area contributed by atoms with Crippen LogP contribution >= 0.6 is 0 Å². The van der Waals surface area contributed by atoms with Gasteiger partial charge in [0.15, 0.2) is 0 Å². The lowest BCUT2D eigenvalue weighted by atomic mass is 9.83. The first kappa shape index (κ1) is 32.7. The quantitative estimate of drug-likeness (QED) is 0.182. The summed E-state index contributed by atoms with van der Waals surface area (Å²) in [5.41, 5.74) is 5.19. The minimum absolute atomic E-state index is 0.0391. The summed E-state index contributed by atoms with van der Waals surface area (Å²) in [6.45, 7) is 5.26. The van der Waals surface area contributed by atoms with Crippen LogP contribution < -0.4 is 16.1 Å². The molecule has 0 radical (unpaired) electrons. The van der Waals surface area contributed by atoms with E-state index in [0.29, 0.717) is 6.54 Å². The molecule has 0 saturated heterocycles. The SMILES string of the molecule is COC(=O)C(C(=O)NOCc1ccccc1)[C@@H](CC(C)C)C(=O)NC1Cc2cn(c3ccccc23)CCCCCCNC1=O. The summed E-state index contributed by atoms with van der Waals surface area (Å²) < 4.78 is 7.19. The molecule has 2 aromatic carbocycles. The number of hydrogen-bond donors (Lipinski definition) is 3. The van der Waals surface area contributed by atoms with Crippen LogP contribution in [0.2, 0.25) is 0 Å². The second-order valence-corrected chi connectivity index (χ2v) is 11.8. The van der Waals surface area contributed by atoms with Gasteiger partial charge in [-0.15, -0.1) is 0 Å². The van der Waals surface area contributed by atoms with Crippen molar-refractivity contribution in [3.05, 3.63) is 71.9 Å². The second-order valence-electron chi connectivity index (χ2n) is 11.8. The lowest BCUT2D eigenvalue weighted by Crippen LogP contribution is -2.53. The van der Waals surface area contributed by atoms with Crippen molar-refractivity contribution < 1.29 is 28.8 Å². The molecule has 10 heteroatoms. The average Bonchev–Trinajstić information content (AvgIpc) is 3.37. The van der Waals surface area contributed by atoms with Crippen molar-refractivity contribution in [2.24, 2.45) is 17.8 Å². The van der Waals surface area contributed by atoms with Crippen LogP contribution in [0.4, 0.5) is 0 Å². The van der Waals surface area contributed by atoms with Gasteiger partial charge in [0.2, 0.25) is 11.8 Å². The standard InChI is InChI=1S/C34H44N4O6/c1-23(2)19-27(30(34(42)43-3)33(41)37-44-22-24-13-7-6-8-14-24)31(39)36-28-20-25-21-38(29-16-10-9-15-26(25)29)18-12-5-4-11-17-35-32(28)40/h6-10,13-16,21,23,27-28,30H,4-5,11-12,17-20,22H2,1-3H3,(H,35,40)(H,36,39)(H,37,41)/t27-,28?,30?/m1/s1. The predicted molar refractivity (Wildman–Crippen MR) is 167 cm³/mol. The summed E-state index contributed by atoms with van der Waals surface area (Å²) >= 11 is 0. The third kappa shape index (κ3) is 8.69. The Hall–Kier alpha value is -4.18. The number of methoxy groups -OCH3 is 1. The van der Waals surface area contributed by atoms with E-state index in [4.69, 9.17) is 9.57 Å². The highest BCUT2D eigenvalue weighted by Crippen LogP contribution is 2.26. The number of rotatable bonds is 10. The van der Waals surface area contributed by atoms with E-state index in [2.05, 4.69) is 32.9 Å². The largest absolute Gasteiger partial charge is 0.468 e. The van der Waals surface area contributed by atoms with Crippen molar-refractivity contribution in [1.82, 2.24) is 20.7 Å². The number of ether oxygens (including phenoxy) is 1. The molecular formula is C34H44N4O6. The number of amides is 3. The van der Waals surface area contributed by atoms with Crippen LogP contribution in [0.25, 0.3) is 10.9 Å². The summed E-state index contributed by atoms with van der Waals surface area (Å²) in [4.78, 5) is 59.2. The molecule has 0 spiro atoms. The number of para-hydroxylation sites is 1. The smallest absolute Gasteiger partial charge is 0.319 e. The van der Waals surface area contributed by atoms with Gasteiger partial charge in [-0.1, -0.05) is 75.2 Å². The molecule has 44 heavy (non-hydrogen) atoms. The van der Waals surface area contributed by atoms with Gasteiger partial charge in [-0.3, -0.25) is 24.0 Å². The summed E-state index contributed by atoms with van der Waals surface area (Å²) in [5, 5.41) is 6.92. The first-order valence-corrected chi connectivity index (χ1v) is 15.5. The number of carbonyl (C=O) groups is 4. The van der Waals surface area contributed by atoms with E-state index < -0.39 is 35.7 Å². The summed E-state index contributed by atoms with van der Waals surface area (Å²) in [5.74, 6) is -5.11. The molecule has 0 aliphatic carbocycles. The van der Waals surface area contributed by atoms with Gasteiger partial charge in [-0.25, -0.2) is 5.48 Å². The number of benzene rings is 2. The van der Waals surface area contributed by atoms with Gasteiger partial charge >= 0.3 is 5.97 Å². The fourth-order valence-corrected chi connectivity index (χ4v) is 5.79. The van der Waals surface area contributed by atoms with Crippen molar-refractivity contribution in [3.8, 4) is 0 Å². The molecule has 1 aliphatic rings. The van der Waals surface area contributed by atoms with Gasteiger partial charge in [0.1, 0.15) is 12.0 Å². The Bertz CT molecular complexity index is 1420. The van der Waals surface area contributed by atoms with Crippen LogP contribution in [-0.2, 0) is 48.3 Å². The second kappa shape index (κ2) is 16.0. The Kier molecular flexibility index (Phi) is 11.9. The van der Waals surface area contributed by atoms with Crippen LogP contribution in [0.5, 0.6) is 0 Å². The number of aromatic nitrogens is 1. The fourth-order valence-electron chi connectivity index (χ4n) is 5.79. The zero-order valence-corrected chi connectivity index (χ0v) is 25.8. The highest BCUT2D eigenvalue weighted by Gasteiger charge is 2.42. The van der Waals surface area contributed by atoms with Gasteiger partial charge in [-0.05, 0) is 42.4 Å². The molecule has 10 nitrogen and oxygen atoms in total. The molecule has 0 saturated carbocycles. The maximum atomic E-state index is 14.0. The predicted octanol–water partition coefficient (Wildman–Crippen LogP) is 4.06. The van der Waals surface area contributed by atoms with Gasteiger partial charge in [0.25, 0.3) is 5.91 Å². The van der Waals surface area contributed by atoms with Crippen molar-refractivity contribution >= 4 is 34.6 Å². The van der Waals surface area contributed by atoms with Crippen molar-refractivity contribution in [1.29, 1.82) is 0 Å². The molecule has 1 aromatic heterocycles. The topological polar surface area (TPSA) is 128 Å². The molecule has 3 atom stereocenters. The lowest BCUT2D eigenvalue weighted by molar-refractivity contribution is -0.160. The van der Waals surface area contributed by atoms with Crippen LogP contribution in [-0.4, -0.2) is 48.0 Å². The Morgan fingerprint density at radius 2 is 1.70 bits per heavy atom. The Morgan fingerprint density at radius 1 is 0.977 bits per heavy atom. The molecule has 0 fully saturated rings. The van der Waals surface area contributed by atoms with E-state index in [1.54, 1.807) is 0 Å². The first-order chi connectivity index (χ1) is 21.3. The number of carbonyl (C=O) groups excluding carboxylic acids is 4. The third-order valence-electron chi connectivity index (χ3n) is 8.01. The van der Waals surface area contributed by atoms with E-state index in [1.165, 1.54) is 7.11 Å². The molecule has 3 N–H and O–H groups in total. The van der Waals surface area contributed by atoms with Crippen LogP contribution in [0, 0.1) is 17.8 Å². The average molecular weight is 605 g/mol. The van der Waals surface area contributed by atoms with Crippen molar-refractivity contribution in [2.45, 2.75) is 71.6 Å². The minimum atomic E-state index is -1.47. The minimum Gasteiger partial charge on any atom is -0.468 e. The van der Waals surface area contributed by atoms with Crippen LogP contribution in [0.3, 0.4) is 0 Å². The molecule has 1 aliphatic heterocycles. The number of hydrogen-bond acceptors (Lipinski definition) is 6. The van der Waals surface area contributed by atoms with Crippen molar-refractivity contribution in [3.63, 3.8) is 0 Å². The number of esters is 1. The number of nitrogens with one attached hydrogen (secondary N) is 3. The molecule has 2 bridgehead atoms. The normalized spacial score (nSPS) is 17.4. The monoisotopic (exact) mass is 604 g/mol. The van der Waals surface area contributed by atoms with Gasteiger partial charge in [0, 0.05) is 36.6 Å². The highest BCUT2D eigenvalue weighted by molar-refractivity contribution is 6.02. The zero-order chi connectivity index (χ0) is 31.5. The fraction of sp³-hybridized carbons (Fsp3) is 0.471.